The first kappa shape index (κ1) is 17.5. The molecule has 24 heavy (non-hydrogen) atoms. The third kappa shape index (κ3) is 4.82. The standard InChI is InChI=1S/C19H25ClN2O2/c20-18-4-2-1-3-16(18)5-6-19(23)21-13-15-7-10-22(11-8-15)17-9-12-24-14-17/h1-6,15,17H,7-14H2,(H,21,23)/b6-5+/t17-/m0/s1. The topological polar surface area (TPSA) is 41.6 Å². The number of piperidine rings is 1. The molecule has 0 unspecified atom stereocenters. The van der Waals surface area contributed by atoms with Gasteiger partial charge in [0.15, 0.2) is 0 Å². The first-order valence-corrected chi connectivity index (χ1v) is 9.12. The SMILES string of the molecule is O=C(/C=C/c1ccccc1Cl)NCC1CCN([C@H]2CCOC2)CC1. The van der Waals surface area contributed by atoms with E-state index >= 15 is 0 Å². The third-order valence-electron chi connectivity index (χ3n) is 4.96. The van der Waals surface area contributed by atoms with E-state index in [0.29, 0.717) is 17.0 Å². The lowest BCUT2D eigenvalue weighted by Gasteiger charge is -2.35. The largest absolute Gasteiger partial charge is 0.380 e. The van der Waals surface area contributed by atoms with Crippen LogP contribution in [0.3, 0.4) is 0 Å². The number of nitrogens with zero attached hydrogens (tertiary/aromatic N) is 1. The highest BCUT2D eigenvalue weighted by atomic mass is 35.5. The summed E-state index contributed by atoms with van der Waals surface area (Å²) in [7, 11) is 0. The van der Waals surface area contributed by atoms with E-state index in [4.69, 9.17) is 16.3 Å². The molecule has 130 valence electrons. The fourth-order valence-electron chi connectivity index (χ4n) is 3.41. The minimum atomic E-state index is -0.0541. The summed E-state index contributed by atoms with van der Waals surface area (Å²) in [6, 6.07) is 8.12. The van der Waals surface area contributed by atoms with Gasteiger partial charge in [-0.25, -0.2) is 0 Å². The predicted molar refractivity (Wildman–Crippen MR) is 97.0 cm³/mol. The molecule has 2 saturated heterocycles. The highest BCUT2D eigenvalue weighted by Gasteiger charge is 2.27. The monoisotopic (exact) mass is 348 g/mol. The molecule has 2 aliphatic heterocycles. The average Bonchev–Trinajstić information content (AvgIpc) is 3.14. The van der Waals surface area contributed by atoms with Gasteiger partial charge in [0.2, 0.25) is 5.91 Å². The summed E-state index contributed by atoms with van der Waals surface area (Å²) < 4.78 is 5.47. The van der Waals surface area contributed by atoms with Crippen molar-refractivity contribution < 1.29 is 9.53 Å². The van der Waals surface area contributed by atoms with Gasteiger partial charge in [-0.05, 0) is 56.0 Å². The molecule has 1 N–H and O–H groups in total. The van der Waals surface area contributed by atoms with Gasteiger partial charge >= 0.3 is 0 Å². The number of benzene rings is 1. The summed E-state index contributed by atoms with van der Waals surface area (Å²) in [5, 5.41) is 3.67. The first-order chi connectivity index (χ1) is 11.7. The van der Waals surface area contributed by atoms with Crippen molar-refractivity contribution in [1.29, 1.82) is 0 Å². The van der Waals surface area contributed by atoms with Crippen molar-refractivity contribution in [3.05, 3.63) is 40.9 Å². The van der Waals surface area contributed by atoms with Gasteiger partial charge in [0.05, 0.1) is 6.61 Å². The Morgan fingerprint density at radius 3 is 2.79 bits per heavy atom. The Morgan fingerprint density at radius 1 is 1.29 bits per heavy atom. The van der Waals surface area contributed by atoms with Crippen molar-refractivity contribution in [1.82, 2.24) is 10.2 Å². The summed E-state index contributed by atoms with van der Waals surface area (Å²) >= 11 is 6.08. The molecule has 1 amide bonds. The molecule has 1 aromatic carbocycles. The van der Waals surface area contributed by atoms with Gasteiger partial charge < -0.3 is 10.1 Å². The van der Waals surface area contributed by atoms with Gasteiger partial charge in [-0.15, -0.1) is 0 Å². The van der Waals surface area contributed by atoms with Gasteiger partial charge in [-0.3, -0.25) is 9.69 Å². The molecule has 5 heteroatoms. The number of rotatable bonds is 5. The molecule has 2 aliphatic rings. The van der Waals surface area contributed by atoms with Crippen LogP contribution in [0, 0.1) is 5.92 Å². The van der Waals surface area contributed by atoms with E-state index in [1.54, 1.807) is 12.2 Å². The maximum Gasteiger partial charge on any atom is 0.244 e. The van der Waals surface area contributed by atoms with E-state index < -0.39 is 0 Å². The molecular weight excluding hydrogens is 324 g/mol. The Balaban J connectivity index is 1.38. The number of hydrogen-bond donors (Lipinski definition) is 1. The molecule has 2 fully saturated rings. The molecule has 0 saturated carbocycles. The van der Waals surface area contributed by atoms with Crippen molar-refractivity contribution in [3.8, 4) is 0 Å². The quantitative estimate of drug-likeness (QED) is 0.832. The van der Waals surface area contributed by atoms with Crippen molar-refractivity contribution in [2.75, 3.05) is 32.8 Å². The molecule has 0 radical (unpaired) electrons. The van der Waals surface area contributed by atoms with Gasteiger partial charge in [-0.1, -0.05) is 29.8 Å². The summed E-state index contributed by atoms with van der Waals surface area (Å²) in [6.07, 6.45) is 6.77. The number of carbonyl (C=O) groups excluding carboxylic acids is 1. The maximum absolute atomic E-state index is 12.0. The van der Waals surface area contributed by atoms with E-state index in [2.05, 4.69) is 10.2 Å². The lowest BCUT2D eigenvalue weighted by Crippen LogP contribution is -2.43. The van der Waals surface area contributed by atoms with Gasteiger partial charge in [-0.2, -0.15) is 0 Å². The van der Waals surface area contributed by atoms with Crippen LogP contribution in [0.15, 0.2) is 30.3 Å². The second-order valence-electron chi connectivity index (χ2n) is 6.60. The van der Waals surface area contributed by atoms with Crippen LogP contribution in [-0.2, 0) is 9.53 Å². The first-order valence-electron chi connectivity index (χ1n) is 8.74. The normalized spacial score (nSPS) is 23.0. The van der Waals surface area contributed by atoms with Crippen LogP contribution in [0.4, 0.5) is 0 Å². The number of ether oxygens (including phenoxy) is 1. The van der Waals surface area contributed by atoms with E-state index in [0.717, 1.165) is 57.7 Å². The molecule has 3 rings (SSSR count). The number of amides is 1. The fraction of sp³-hybridized carbons (Fsp3) is 0.526. The Kier molecular flexibility index (Phi) is 6.30. The van der Waals surface area contributed by atoms with Crippen LogP contribution in [0.1, 0.15) is 24.8 Å². The molecule has 0 aromatic heterocycles. The average molecular weight is 349 g/mol. The summed E-state index contributed by atoms with van der Waals surface area (Å²) in [4.78, 5) is 14.5. The van der Waals surface area contributed by atoms with E-state index in [9.17, 15) is 4.79 Å². The lowest BCUT2D eigenvalue weighted by molar-refractivity contribution is -0.116. The summed E-state index contributed by atoms with van der Waals surface area (Å²) in [5.41, 5.74) is 0.862. The minimum absolute atomic E-state index is 0.0541. The molecule has 0 bridgehead atoms. The van der Waals surface area contributed by atoms with Gasteiger partial charge in [0, 0.05) is 30.3 Å². The van der Waals surface area contributed by atoms with E-state index in [-0.39, 0.29) is 5.91 Å². The molecular formula is C19H25ClN2O2. The van der Waals surface area contributed by atoms with Gasteiger partial charge in [0.25, 0.3) is 0 Å². The van der Waals surface area contributed by atoms with Crippen LogP contribution in [0.5, 0.6) is 0 Å². The molecule has 4 nitrogen and oxygen atoms in total. The number of likely N-dealkylation sites (tertiary alicyclic amines) is 1. The van der Waals surface area contributed by atoms with E-state index in [1.807, 2.05) is 24.3 Å². The van der Waals surface area contributed by atoms with Crippen molar-refractivity contribution in [3.63, 3.8) is 0 Å². The number of halogens is 1. The molecule has 1 atom stereocenters. The highest BCUT2D eigenvalue weighted by molar-refractivity contribution is 6.32. The third-order valence-corrected chi connectivity index (χ3v) is 5.30. The van der Waals surface area contributed by atoms with Crippen LogP contribution in [0.25, 0.3) is 6.08 Å². The minimum Gasteiger partial charge on any atom is -0.380 e. The smallest absolute Gasteiger partial charge is 0.244 e. The van der Waals surface area contributed by atoms with Crippen LogP contribution in [0.2, 0.25) is 5.02 Å². The van der Waals surface area contributed by atoms with Crippen molar-refractivity contribution in [2.45, 2.75) is 25.3 Å². The van der Waals surface area contributed by atoms with Crippen molar-refractivity contribution >= 4 is 23.6 Å². The molecule has 0 spiro atoms. The van der Waals surface area contributed by atoms with Crippen molar-refractivity contribution in [2.24, 2.45) is 5.92 Å². The summed E-state index contributed by atoms with van der Waals surface area (Å²) in [6.45, 7) is 4.77. The second-order valence-corrected chi connectivity index (χ2v) is 7.00. The second kappa shape index (κ2) is 8.65. The fourth-order valence-corrected chi connectivity index (χ4v) is 3.61. The zero-order chi connectivity index (χ0) is 16.8. The predicted octanol–water partition coefficient (Wildman–Crippen LogP) is 2.97. The zero-order valence-corrected chi connectivity index (χ0v) is 14.7. The molecule has 2 heterocycles. The number of nitrogens with one attached hydrogen (secondary N) is 1. The van der Waals surface area contributed by atoms with Crippen LogP contribution >= 0.6 is 11.6 Å². The van der Waals surface area contributed by atoms with Gasteiger partial charge in [0.1, 0.15) is 0 Å². The van der Waals surface area contributed by atoms with Crippen LogP contribution in [-0.4, -0.2) is 49.7 Å². The Bertz CT molecular complexity index is 576. The zero-order valence-electron chi connectivity index (χ0n) is 13.9. The Labute approximate surface area is 148 Å². The number of hydrogen-bond acceptors (Lipinski definition) is 3. The molecule has 1 aromatic rings. The maximum atomic E-state index is 12.0. The Morgan fingerprint density at radius 2 is 2.08 bits per heavy atom. The highest BCUT2D eigenvalue weighted by Crippen LogP contribution is 2.22. The number of carbonyl (C=O) groups is 1. The molecule has 0 aliphatic carbocycles. The van der Waals surface area contributed by atoms with E-state index in [1.165, 1.54) is 0 Å². The lowest BCUT2D eigenvalue weighted by atomic mass is 9.95. The van der Waals surface area contributed by atoms with Crippen LogP contribution < -0.4 is 5.32 Å². The Hall–Kier alpha value is -1.36. The summed E-state index contributed by atoms with van der Waals surface area (Å²) in [5.74, 6) is 0.516.